The van der Waals surface area contributed by atoms with E-state index in [1.807, 2.05) is 0 Å². The first-order chi connectivity index (χ1) is 8.61. The molecule has 0 unspecified atom stereocenters. The number of hydrogen-bond donors (Lipinski definition) is 1. The molecule has 0 fully saturated rings. The lowest BCUT2D eigenvalue weighted by Gasteiger charge is -2.11. The summed E-state index contributed by atoms with van der Waals surface area (Å²) >= 11 is 0. The average molecular weight is 251 g/mol. The van der Waals surface area contributed by atoms with Gasteiger partial charge in [-0.25, -0.2) is 0 Å². The van der Waals surface area contributed by atoms with Crippen LogP contribution in [0.3, 0.4) is 0 Å². The fourth-order valence-corrected chi connectivity index (χ4v) is 2.10. The molecule has 0 bridgehead atoms. The van der Waals surface area contributed by atoms with E-state index in [9.17, 15) is 15.2 Å². The van der Waals surface area contributed by atoms with Gasteiger partial charge in [0.1, 0.15) is 5.75 Å². The van der Waals surface area contributed by atoms with E-state index in [-0.39, 0.29) is 16.4 Å². The Kier molecular flexibility index (Phi) is 5.62. The number of nitro groups is 1. The number of hydrogen-bond acceptors (Lipinski definition) is 3. The maximum atomic E-state index is 11.0. The van der Waals surface area contributed by atoms with Gasteiger partial charge in [-0.2, -0.15) is 0 Å². The fraction of sp³-hybridized carbons (Fsp3) is 0.571. The van der Waals surface area contributed by atoms with Crippen molar-refractivity contribution in [1.82, 2.24) is 0 Å². The first-order valence-electron chi connectivity index (χ1n) is 6.59. The van der Waals surface area contributed by atoms with E-state index < -0.39 is 0 Å². The van der Waals surface area contributed by atoms with E-state index in [0.717, 1.165) is 36.8 Å². The second kappa shape index (κ2) is 6.99. The third kappa shape index (κ3) is 3.45. The largest absolute Gasteiger partial charge is 0.508 e. The van der Waals surface area contributed by atoms with Gasteiger partial charge in [-0.05, 0) is 31.7 Å². The zero-order valence-electron chi connectivity index (χ0n) is 11.1. The maximum absolute atomic E-state index is 11.0. The number of phenolic OH excluding ortho intramolecular Hbond substituents is 1. The summed E-state index contributed by atoms with van der Waals surface area (Å²) in [6, 6.07) is 2.86. The van der Waals surface area contributed by atoms with Gasteiger partial charge in [0.05, 0.1) is 4.92 Å². The maximum Gasteiger partial charge on any atom is 0.273 e. The Morgan fingerprint density at radius 2 is 1.67 bits per heavy atom. The molecule has 1 N–H and O–H groups in total. The van der Waals surface area contributed by atoms with Crippen molar-refractivity contribution in [2.75, 3.05) is 0 Å². The fourth-order valence-electron chi connectivity index (χ4n) is 2.10. The molecule has 0 aromatic heterocycles. The van der Waals surface area contributed by atoms with Crippen molar-refractivity contribution in [2.24, 2.45) is 0 Å². The molecule has 1 aromatic carbocycles. The summed E-state index contributed by atoms with van der Waals surface area (Å²) in [7, 11) is 0. The highest BCUT2D eigenvalue weighted by Gasteiger charge is 2.19. The van der Waals surface area contributed by atoms with Crippen LogP contribution < -0.4 is 0 Å². The second-order valence-electron chi connectivity index (χ2n) is 4.53. The SMILES string of the molecule is CCCCc1c(O)ccc([N+](=O)[O-])c1CCCC. The van der Waals surface area contributed by atoms with E-state index in [2.05, 4.69) is 13.8 Å². The van der Waals surface area contributed by atoms with Gasteiger partial charge in [0.25, 0.3) is 5.69 Å². The Morgan fingerprint density at radius 1 is 1.11 bits per heavy atom. The summed E-state index contributed by atoms with van der Waals surface area (Å²) in [5.74, 6) is 0.195. The molecule has 0 aliphatic rings. The Balaban J connectivity index is 3.16. The Hall–Kier alpha value is -1.58. The first-order valence-corrected chi connectivity index (χ1v) is 6.59. The van der Waals surface area contributed by atoms with Crippen LogP contribution in [-0.2, 0) is 12.8 Å². The standard InChI is InChI=1S/C14H21NO3/c1-3-5-7-11-12(8-6-4-2)14(16)10-9-13(11)15(17)18/h9-10,16H,3-8H2,1-2H3. The Bertz CT molecular complexity index is 416. The third-order valence-electron chi connectivity index (χ3n) is 3.14. The van der Waals surface area contributed by atoms with Crippen LogP contribution in [0.2, 0.25) is 0 Å². The third-order valence-corrected chi connectivity index (χ3v) is 3.14. The highest BCUT2D eigenvalue weighted by Crippen LogP contribution is 2.32. The Labute approximate surface area is 108 Å². The predicted molar refractivity (Wildman–Crippen MR) is 72.0 cm³/mol. The summed E-state index contributed by atoms with van der Waals surface area (Å²) in [5, 5.41) is 20.9. The van der Waals surface area contributed by atoms with Crippen LogP contribution in [0.1, 0.15) is 50.7 Å². The van der Waals surface area contributed by atoms with Crippen molar-refractivity contribution in [1.29, 1.82) is 0 Å². The summed E-state index contributed by atoms with van der Waals surface area (Å²) in [6.45, 7) is 4.13. The molecule has 18 heavy (non-hydrogen) atoms. The molecule has 1 aromatic rings. The molecule has 0 atom stereocenters. The van der Waals surface area contributed by atoms with Crippen molar-refractivity contribution in [3.63, 3.8) is 0 Å². The summed E-state index contributed by atoms with van der Waals surface area (Å²) < 4.78 is 0. The molecule has 0 amide bonds. The van der Waals surface area contributed by atoms with Gasteiger partial charge in [-0.15, -0.1) is 0 Å². The zero-order valence-corrected chi connectivity index (χ0v) is 11.1. The normalized spacial score (nSPS) is 10.6. The first kappa shape index (κ1) is 14.5. The van der Waals surface area contributed by atoms with Gasteiger partial charge < -0.3 is 5.11 Å². The molecule has 0 spiro atoms. The molecule has 0 saturated heterocycles. The lowest BCUT2D eigenvalue weighted by molar-refractivity contribution is -0.385. The number of nitro benzene ring substituents is 1. The molecule has 0 heterocycles. The second-order valence-corrected chi connectivity index (χ2v) is 4.53. The van der Waals surface area contributed by atoms with E-state index in [0.29, 0.717) is 12.8 Å². The van der Waals surface area contributed by atoms with Crippen LogP contribution in [0.15, 0.2) is 12.1 Å². The van der Waals surface area contributed by atoms with Crippen molar-refractivity contribution >= 4 is 5.69 Å². The van der Waals surface area contributed by atoms with Crippen molar-refractivity contribution in [3.05, 3.63) is 33.4 Å². The molecule has 0 saturated carbocycles. The summed E-state index contributed by atoms with van der Waals surface area (Å²) in [5.41, 5.74) is 1.63. The van der Waals surface area contributed by atoms with Gasteiger partial charge in [-0.1, -0.05) is 26.7 Å². The van der Waals surface area contributed by atoms with Crippen LogP contribution in [0, 0.1) is 10.1 Å². The minimum Gasteiger partial charge on any atom is -0.508 e. The van der Waals surface area contributed by atoms with Crippen LogP contribution in [0.25, 0.3) is 0 Å². The minimum absolute atomic E-state index is 0.146. The number of benzene rings is 1. The van der Waals surface area contributed by atoms with Crippen molar-refractivity contribution in [2.45, 2.75) is 52.4 Å². The molecule has 0 aliphatic heterocycles. The molecule has 4 nitrogen and oxygen atoms in total. The molecule has 0 radical (unpaired) electrons. The number of unbranched alkanes of at least 4 members (excludes halogenated alkanes) is 2. The molecule has 1 rings (SSSR count). The molecular weight excluding hydrogens is 230 g/mol. The topological polar surface area (TPSA) is 63.4 Å². The lowest BCUT2D eigenvalue weighted by Crippen LogP contribution is -2.02. The van der Waals surface area contributed by atoms with Crippen molar-refractivity contribution in [3.8, 4) is 5.75 Å². The number of aromatic hydroxyl groups is 1. The number of nitrogens with zero attached hydrogens (tertiary/aromatic N) is 1. The van der Waals surface area contributed by atoms with Crippen molar-refractivity contribution < 1.29 is 10.0 Å². The van der Waals surface area contributed by atoms with E-state index in [1.54, 1.807) is 0 Å². The van der Waals surface area contributed by atoms with Crippen LogP contribution in [0.5, 0.6) is 5.75 Å². The molecular formula is C14H21NO3. The van der Waals surface area contributed by atoms with E-state index >= 15 is 0 Å². The van der Waals surface area contributed by atoms with Crippen LogP contribution in [-0.4, -0.2) is 10.0 Å². The highest BCUT2D eigenvalue weighted by atomic mass is 16.6. The van der Waals surface area contributed by atoms with Crippen LogP contribution in [0.4, 0.5) is 5.69 Å². The zero-order chi connectivity index (χ0) is 13.5. The minimum atomic E-state index is -0.347. The molecule has 4 heteroatoms. The quantitative estimate of drug-likeness (QED) is 0.588. The van der Waals surface area contributed by atoms with Gasteiger partial charge in [0.2, 0.25) is 0 Å². The Morgan fingerprint density at radius 3 is 2.17 bits per heavy atom. The number of phenols is 1. The smallest absolute Gasteiger partial charge is 0.273 e. The van der Waals surface area contributed by atoms with Gasteiger partial charge in [-0.3, -0.25) is 10.1 Å². The molecule has 0 aliphatic carbocycles. The predicted octanol–water partition coefficient (Wildman–Crippen LogP) is 3.99. The highest BCUT2D eigenvalue weighted by molar-refractivity contribution is 5.52. The average Bonchev–Trinajstić information content (AvgIpc) is 2.34. The van der Waals surface area contributed by atoms with E-state index in [1.165, 1.54) is 12.1 Å². The monoisotopic (exact) mass is 251 g/mol. The number of rotatable bonds is 7. The van der Waals surface area contributed by atoms with Gasteiger partial charge in [0.15, 0.2) is 0 Å². The lowest BCUT2D eigenvalue weighted by atomic mass is 9.95. The van der Waals surface area contributed by atoms with E-state index in [4.69, 9.17) is 0 Å². The van der Waals surface area contributed by atoms with Gasteiger partial charge in [0, 0.05) is 17.2 Å². The summed E-state index contributed by atoms with van der Waals surface area (Å²) in [6.07, 6.45) is 5.22. The van der Waals surface area contributed by atoms with Gasteiger partial charge >= 0.3 is 0 Å². The van der Waals surface area contributed by atoms with Crippen LogP contribution >= 0.6 is 0 Å². The molecule has 100 valence electrons. The summed E-state index contributed by atoms with van der Waals surface area (Å²) in [4.78, 5) is 10.7.